The molecule has 1 amide bonds. The van der Waals surface area contributed by atoms with Gasteiger partial charge in [0.2, 0.25) is 0 Å². The fourth-order valence-corrected chi connectivity index (χ4v) is 4.95. The molecule has 5 rings (SSSR count). The number of Topliss-reactive ketones (excluding diaryl/α,β-unsaturated/α-hetero) is 1. The molecule has 2 aromatic carbocycles. The first-order chi connectivity index (χ1) is 15.5. The molecular weight excluding hydrogens is 453 g/mol. The Morgan fingerprint density at radius 1 is 1.09 bits per heavy atom. The van der Waals surface area contributed by atoms with Gasteiger partial charge in [-0.05, 0) is 42.0 Å². The number of ketones is 1. The summed E-state index contributed by atoms with van der Waals surface area (Å²) in [4.78, 5) is 35.9. The number of carbonyl (C=O) groups excluding carboxylic acids is 2. The van der Waals surface area contributed by atoms with E-state index in [-0.39, 0.29) is 22.0 Å². The van der Waals surface area contributed by atoms with E-state index < -0.39 is 23.5 Å². The number of amides is 1. The van der Waals surface area contributed by atoms with Crippen LogP contribution in [0.2, 0.25) is 5.02 Å². The van der Waals surface area contributed by atoms with Gasteiger partial charge in [-0.15, -0.1) is 0 Å². The number of aliphatic hydroxyl groups is 1. The van der Waals surface area contributed by atoms with Gasteiger partial charge < -0.3 is 5.11 Å². The van der Waals surface area contributed by atoms with Gasteiger partial charge in [0.05, 0.1) is 21.3 Å². The molecule has 0 spiro atoms. The van der Waals surface area contributed by atoms with E-state index in [4.69, 9.17) is 11.6 Å². The number of rotatable bonds is 3. The second kappa shape index (κ2) is 7.81. The smallest absolute Gasteiger partial charge is 0.301 e. The van der Waals surface area contributed by atoms with Crippen molar-refractivity contribution in [2.24, 2.45) is 0 Å². The fourth-order valence-electron chi connectivity index (χ4n) is 3.65. The largest absolute Gasteiger partial charge is 0.507 e. The van der Waals surface area contributed by atoms with Gasteiger partial charge >= 0.3 is 5.91 Å². The van der Waals surface area contributed by atoms with Crippen LogP contribution in [0.4, 0.5) is 9.52 Å². The number of pyridine rings is 1. The van der Waals surface area contributed by atoms with Crippen molar-refractivity contribution >= 4 is 55.7 Å². The third-order valence-corrected chi connectivity index (χ3v) is 6.45. The number of thiazole rings is 1. The molecule has 1 atom stereocenters. The number of carbonyl (C=O) groups is 2. The molecule has 1 aliphatic heterocycles. The molecule has 1 unspecified atom stereocenters. The minimum Gasteiger partial charge on any atom is -0.507 e. The molecule has 0 saturated carbocycles. The molecule has 3 heterocycles. The molecular formula is C23H13ClFN3O3S. The van der Waals surface area contributed by atoms with Gasteiger partial charge in [-0.3, -0.25) is 19.5 Å². The number of anilines is 1. The maximum Gasteiger partial charge on any atom is 0.301 e. The summed E-state index contributed by atoms with van der Waals surface area (Å²) in [7, 11) is 0. The monoisotopic (exact) mass is 465 g/mol. The van der Waals surface area contributed by atoms with E-state index >= 15 is 0 Å². The standard InChI is InChI=1S/C23H13ClFN3O3S/c24-15-4-1-5-16-18(15)27-23(32-16)28-19(12-6-8-14(25)9-7-12)17(21(30)22(28)31)20(29)13-3-2-10-26-11-13/h1-11,19,29H/b20-17+. The van der Waals surface area contributed by atoms with Gasteiger partial charge in [0.1, 0.15) is 17.1 Å². The Hall–Kier alpha value is -3.62. The molecule has 0 radical (unpaired) electrons. The second-order valence-corrected chi connectivity index (χ2v) is 8.46. The number of fused-ring (bicyclic) bond motifs is 1. The van der Waals surface area contributed by atoms with Gasteiger partial charge in [-0.25, -0.2) is 9.37 Å². The van der Waals surface area contributed by atoms with Gasteiger partial charge in [0.25, 0.3) is 5.78 Å². The number of hydrogen-bond acceptors (Lipinski definition) is 6. The quantitative estimate of drug-likeness (QED) is 0.258. The minimum absolute atomic E-state index is 0.125. The lowest BCUT2D eigenvalue weighted by Gasteiger charge is -2.22. The van der Waals surface area contributed by atoms with Crippen LogP contribution in [0.15, 0.2) is 72.6 Å². The Balaban J connectivity index is 1.75. The van der Waals surface area contributed by atoms with Crippen molar-refractivity contribution in [3.8, 4) is 0 Å². The number of nitrogens with zero attached hydrogens (tertiary/aromatic N) is 3. The topological polar surface area (TPSA) is 83.4 Å². The van der Waals surface area contributed by atoms with Crippen LogP contribution in [0.25, 0.3) is 16.0 Å². The molecule has 9 heteroatoms. The summed E-state index contributed by atoms with van der Waals surface area (Å²) in [5.74, 6) is -2.55. The Morgan fingerprint density at radius 2 is 1.88 bits per heavy atom. The van der Waals surface area contributed by atoms with Crippen LogP contribution in [-0.4, -0.2) is 26.8 Å². The average Bonchev–Trinajstić information content (AvgIpc) is 3.34. The summed E-state index contributed by atoms with van der Waals surface area (Å²) in [6, 6.07) is 12.8. The van der Waals surface area contributed by atoms with E-state index in [0.29, 0.717) is 16.1 Å². The van der Waals surface area contributed by atoms with Crippen molar-refractivity contribution in [1.29, 1.82) is 0 Å². The van der Waals surface area contributed by atoms with Crippen molar-refractivity contribution in [3.05, 3.63) is 94.5 Å². The van der Waals surface area contributed by atoms with Crippen molar-refractivity contribution < 1.29 is 19.1 Å². The van der Waals surface area contributed by atoms with Gasteiger partial charge in [-0.2, -0.15) is 0 Å². The second-order valence-electron chi connectivity index (χ2n) is 7.05. The number of aliphatic hydroxyl groups excluding tert-OH is 1. The number of benzene rings is 2. The van der Waals surface area contributed by atoms with Crippen LogP contribution >= 0.6 is 22.9 Å². The average molecular weight is 466 g/mol. The lowest BCUT2D eigenvalue weighted by molar-refractivity contribution is -0.132. The van der Waals surface area contributed by atoms with Gasteiger partial charge in [0.15, 0.2) is 5.13 Å². The summed E-state index contributed by atoms with van der Waals surface area (Å²) in [5.41, 5.74) is 1.10. The Kier molecular flexibility index (Phi) is 4.96. The number of aromatic nitrogens is 2. The van der Waals surface area contributed by atoms with Crippen LogP contribution in [0, 0.1) is 5.82 Å². The van der Waals surface area contributed by atoms with Crippen LogP contribution < -0.4 is 4.90 Å². The van der Waals surface area contributed by atoms with Crippen LogP contribution in [0.5, 0.6) is 0 Å². The maximum absolute atomic E-state index is 13.6. The summed E-state index contributed by atoms with van der Waals surface area (Å²) in [6.07, 6.45) is 2.92. The summed E-state index contributed by atoms with van der Waals surface area (Å²) >= 11 is 7.44. The first-order valence-corrected chi connectivity index (χ1v) is 10.7. The zero-order valence-electron chi connectivity index (χ0n) is 16.2. The van der Waals surface area contributed by atoms with Crippen LogP contribution in [0.3, 0.4) is 0 Å². The van der Waals surface area contributed by atoms with Crippen molar-refractivity contribution in [3.63, 3.8) is 0 Å². The molecule has 0 bridgehead atoms. The number of hydrogen-bond donors (Lipinski definition) is 1. The Morgan fingerprint density at radius 3 is 2.56 bits per heavy atom. The zero-order valence-corrected chi connectivity index (χ0v) is 17.8. The molecule has 32 heavy (non-hydrogen) atoms. The van der Waals surface area contributed by atoms with Gasteiger partial charge in [0, 0.05) is 18.0 Å². The summed E-state index contributed by atoms with van der Waals surface area (Å²) in [6.45, 7) is 0. The van der Waals surface area contributed by atoms with E-state index in [1.165, 1.54) is 52.9 Å². The van der Waals surface area contributed by atoms with E-state index in [1.807, 2.05) is 6.07 Å². The third kappa shape index (κ3) is 3.24. The molecule has 0 aliphatic carbocycles. The van der Waals surface area contributed by atoms with Crippen molar-refractivity contribution in [2.45, 2.75) is 6.04 Å². The summed E-state index contributed by atoms with van der Waals surface area (Å²) < 4.78 is 14.3. The van der Waals surface area contributed by atoms with Crippen molar-refractivity contribution in [2.75, 3.05) is 4.90 Å². The third-order valence-electron chi connectivity index (χ3n) is 5.13. The molecule has 2 aromatic heterocycles. The first kappa shape index (κ1) is 20.3. The minimum atomic E-state index is -1.00. The highest BCUT2D eigenvalue weighted by atomic mass is 35.5. The lowest BCUT2D eigenvalue weighted by atomic mass is 9.96. The summed E-state index contributed by atoms with van der Waals surface area (Å²) in [5, 5.41) is 11.6. The van der Waals surface area contributed by atoms with E-state index in [0.717, 1.165) is 4.70 Å². The molecule has 6 nitrogen and oxygen atoms in total. The van der Waals surface area contributed by atoms with Gasteiger partial charge in [-0.1, -0.05) is 41.1 Å². The van der Waals surface area contributed by atoms with E-state index in [1.54, 1.807) is 24.3 Å². The fraction of sp³-hybridized carbons (Fsp3) is 0.0435. The molecule has 1 N–H and O–H groups in total. The number of halogens is 2. The van der Waals surface area contributed by atoms with Crippen molar-refractivity contribution in [1.82, 2.24) is 9.97 Å². The first-order valence-electron chi connectivity index (χ1n) is 9.47. The molecule has 1 aliphatic rings. The zero-order chi connectivity index (χ0) is 22.4. The molecule has 158 valence electrons. The highest BCUT2D eigenvalue weighted by molar-refractivity contribution is 7.22. The molecule has 1 saturated heterocycles. The molecule has 4 aromatic rings. The van der Waals surface area contributed by atoms with E-state index in [2.05, 4.69) is 9.97 Å². The maximum atomic E-state index is 13.6. The Bertz CT molecular complexity index is 1400. The Labute approximate surface area is 190 Å². The molecule has 1 fully saturated rings. The highest BCUT2D eigenvalue weighted by Gasteiger charge is 2.48. The number of para-hydroxylation sites is 1. The van der Waals surface area contributed by atoms with Crippen LogP contribution in [0.1, 0.15) is 17.2 Å². The predicted molar refractivity (Wildman–Crippen MR) is 120 cm³/mol. The lowest BCUT2D eigenvalue weighted by Crippen LogP contribution is -2.29. The SMILES string of the molecule is O=C1C(=O)N(c2nc3c(Cl)cccc3s2)C(c2ccc(F)cc2)/C1=C(\O)c1cccnc1. The highest BCUT2D eigenvalue weighted by Crippen LogP contribution is 2.44. The van der Waals surface area contributed by atoms with E-state index in [9.17, 15) is 19.1 Å². The normalized spacial score (nSPS) is 17.9. The predicted octanol–water partition coefficient (Wildman–Crippen LogP) is 5.11. The van der Waals surface area contributed by atoms with Crippen LogP contribution in [-0.2, 0) is 9.59 Å².